The first-order chi connectivity index (χ1) is 5.77. The Labute approximate surface area is 79.3 Å². The molecule has 1 atom stereocenters. The minimum Gasteiger partial charge on any atom is -0.506 e. The summed E-state index contributed by atoms with van der Waals surface area (Å²) in [5, 5.41) is 9.57. The Hall–Kier alpha value is -0.540. The number of ether oxygens (including phenoxy) is 1. The highest BCUT2D eigenvalue weighted by molar-refractivity contribution is 9.10. The fourth-order valence-corrected chi connectivity index (χ4v) is 1.56. The molecule has 1 aromatic carbocycles. The molecule has 0 spiro atoms. The maximum atomic E-state index is 9.57. The van der Waals surface area contributed by atoms with Crippen molar-refractivity contribution >= 4 is 15.9 Å². The van der Waals surface area contributed by atoms with Crippen LogP contribution in [0.5, 0.6) is 5.75 Å². The van der Waals surface area contributed by atoms with Crippen molar-refractivity contribution < 1.29 is 9.84 Å². The summed E-state index contributed by atoms with van der Waals surface area (Å²) in [5.74, 6) is 0.341. The molecule has 1 N–H and O–H groups in total. The monoisotopic (exact) mass is 228 g/mol. The van der Waals surface area contributed by atoms with Gasteiger partial charge in [0, 0.05) is 6.42 Å². The van der Waals surface area contributed by atoms with Crippen LogP contribution in [0, 0.1) is 0 Å². The Morgan fingerprint density at radius 2 is 2.33 bits per heavy atom. The third kappa shape index (κ3) is 1.62. The third-order valence-corrected chi connectivity index (χ3v) is 2.56. The first kappa shape index (κ1) is 8.08. The molecule has 0 radical (unpaired) electrons. The van der Waals surface area contributed by atoms with E-state index < -0.39 is 0 Å². The molecule has 2 rings (SSSR count). The van der Waals surface area contributed by atoms with Crippen LogP contribution in [0.15, 0.2) is 22.7 Å². The second-order valence-corrected chi connectivity index (χ2v) is 3.76. The maximum Gasteiger partial charge on any atom is 0.133 e. The van der Waals surface area contributed by atoms with E-state index >= 15 is 0 Å². The number of epoxide rings is 1. The van der Waals surface area contributed by atoms with E-state index in [1.54, 1.807) is 0 Å². The normalized spacial score (nSPS) is 20.9. The number of phenolic OH excluding ortho intramolecular Hbond substituents is 1. The average Bonchev–Trinajstić information content (AvgIpc) is 2.83. The topological polar surface area (TPSA) is 32.8 Å². The summed E-state index contributed by atoms with van der Waals surface area (Å²) >= 11 is 3.27. The van der Waals surface area contributed by atoms with E-state index in [1.165, 1.54) is 0 Å². The van der Waals surface area contributed by atoms with Crippen molar-refractivity contribution in [1.82, 2.24) is 0 Å². The Kier molecular flexibility index (Phi) is 2.07. The van der Waals surface area contributed by atoms with E-state index in [-0.39, 0.29) is 0 Å². The fraction of sp³-hybridized carbons (Fsp3) is 0.333. The van der Waals surface area contributed by atoms with Crippen LogP contribution in [-0.2, 0) is 11.2 Å². The molecule has 64 valence electrons. The molecule has 1 saturated heterocycles. The summed E-state index contributed by atoms with van der Waals surface area (Å²) in [7, 11) is 0. The van der Waals surface area contributed by atoms with Crippen LogP contribution >= 0.6 is 15.9 Å². The minimum absolute atomic E-state index is 0.324. The van der Waals surface area contributed by atoms with Crippen molar-refractivity contribution in [3.8, 4) is 5.75 Å². The van der Waals surface area contributed by atoms with Crippen molar-refractivity contribution in [1.29, 1.82) is 0 Å². The standard InChI is InChI=1S/C9H9BrO2/c10-8-3-1-2-6(9(8)11)4-7-5-12-7/h1-3,7,11H,4-5H2. The molecule has 0 aromatic heterocycles. The summed E-state index contributed by atoms with van der Waals surface area (Å²) in [6.45, 7) is 0.825. The number of phenols is 1. The molecule has 0 amide bonds. The number of halogens is 1. The van der Waals surface area contributed by atoms with E-state index in [2.05, 4.69) is 15.9 Å². The van der Waals surface area contributed by atoms with Gasteiger partial charge >= 0.3 is 0 Å². The van der Waals surface area contributed by atoms with Gasteiger partial charge in [-0.15, -0.1) is 0 Å². The number of hydrogen-bond acceptors (Lipinski definition) is 2. The molecule has 0 saturated carbocycles. The zero-order valence-electron chi connectivity index (χ0n) is 6.46. The molecule has 1 aliphatic rings. The Morgan fingerprint density at radius 3 is 3.00 bits per heavy atom. The summed E-state index contributed by atoms with van der Waals surface area (Å²) in [6.07, 6.45) is 1.14. The Morgan fingerprint density at radius 1 is 1.58 bits per heavy atom. The average molecular weight is 229 g/mol. The SMILES string of the molecule is Oc1c(Br)cccc1CC1CO1. The summed E-state index contributed by atoms with van der Waals surface area (Å²) in [5.41, 5.74) is 0.951. The van der Waals surface area contributed by atoms with E-state index in [9.17, 15) is 5.11 Å². The highest BCUT2D eigenvalue weighted by Gasteiger charge is 2.24. The summed E-state index contributed by atoms with van der Waals surface area (Å²) in [4.78, 5) is 0. The van der Waals surface area contributed by atoms with Crippen LogP contribution in [-0.4, -0.2) is 17.8 Å². The second kappa shape index (κ2) is 3.07. The van der Waals surface area contributed by atoms with Crippen molar-refractivity contribution in [2.45, 2.75) is 12.5 Å². The van der Waals surface area contributed by atoms with Gasteiger partial charge in [-0.3, -0.25) is 0 Å². The fourth-order valence-electron chi connectivity index (χ4n) is 1.16. The van der Waals surface area contributed by atoms with Gasteiger partial charge in [-0.1, -0.05) is 12.1 Å². The highest BCUT2D eigenvalue weighted by Crippen LogP contribution is 2.30. The third-order valence-electron chi connectivity index (χ3n) is 1.92. The molecule has 1 heterocycles. The second-order valence-electron chi connectivity index (χ2n) is 2.91. The van der Waals surface area contributed by atoms with Gasteiger partial charge in [-0.2, -0.15) is 0 Å². The Balaban J connectivity index is 2.23. The van der Waals surface area contributed by atoms with E-state index in [4.69, 9.17) is 4.74 Å². The Bertz CT molecular complexity index is 295. The van der Waals surface area contributed by atoms with E-state index in [1.807, 2.05) is 18.2 Å². The predicted octanol–water partition coefficient (Wildman–Crippen LogP) is 2.10. The van der Waals surface area contributed by atoms with E-state index in [0.29, 0.717) is 11.9 Å². The summed E-state index contributed by atoms with van der Waals surface area (Å²) < 4.78 is 5.83. The largest absolute Gasteiger partial charge is 0.506 e. The zero-order chi connectivity index (χ0) is 8.55. The highest BCUT2D eigenvalue weighted by atomic mass is 79.9. The van der Waals surface area contributed by atoms with Crippen molar-refractivity contribution in [2.75, 3.05) is 6.61 Å². The first-order valence-electron chi connectivity index (χ1n) is 3.85. The van der Waals surface area contributed by atoms with Crippen LogP contribution in [0.1, 0.15) is 5.56 Å². The number of benzene rings is 1. The van der Waals surface area contributed by atoms with Gasteiger partial charge in [-0.05, 0) is 27.6 Å². The molecule has 1 aromatic rings. The van der Waals surface area contributed by atoms with Crippen molar-refractivity contribution in [3.05, 3.63) is 28.2 Å². The quantitative estimate of drug-likeness (QED) is 0.787. The zero-order valence-corrected chi connectivity index (χ0v) is 8.04. The van der Waals surface area contributed by atoms with Crippen LogP contribution < -0.4 is 0 Å². The van der Waals surface area contributed by atoms with Crippen LogP contribution in [0.25, 0.3) is 0 Å². The molecule has 1 aliphatic heterocycles. The molecule has 3 heteroatoms. The van der Waals surface area contributed by atoms with Gasteiger partial charge < -0.3 is 9.84 Å². The predicted molar refractivity (Wildman–Crippen MR) is 49.3 cm³/mol. The number of para-hydroxylation sites is 1. The number of aromatic hydroxyl groups is 1. The molecule has 0 aliphatic carbocycles. The van der Waals surface area contributed by atoms with Crippen LogP contribution in [0.3, 0.4) is 0 Å². The van der Waals surface area contributed by atoms with Gasteiger partial charge in [0.05, 0.1) is 17.2 Å². The molecule has 2 nitrogen and oxygen atoms in total. The lowest BCUT2D eigenvalue weighted by Crippen LogP contribution is -1.93. The molecular formula is C9H9BrO2. The van der Waals surface area contributed by atoms with Gasteiger partial charge in [0.2, 0.25) is 0 Å². The lowest BCUT2D eigenvalue weighted by atomic mass is 10.1. The van der Waals surface area contributed by atoms with Crippen LogP contribution in [0.4, 0.5) is 0 Å². The molecule has 12 heavy (non-hydrogen) atoms. The van der Waals surface area contributed by atoms with Gasteiger partial charge in [0.15, 0.2) is 0 Å². The minimum atomic E-state index is 0.324. The van der Waals surface area contributed by atoms with E-state index in [0.717, 1.165) is 23.1 Å². The number of rotatable bonds is 2. The molecule has 1 fully saturated rings. The lowest BCUT2D eigenvalue weighted by Gasteiger charge is -2.03. The molecule has 1 unspecified atom stereocenters. The molecule has 0 bridgehead atoms. The van der Waals surface area contributed by atoms with Crippen molar-refractivity contribution in [3.63, 3.8) is 0 Å². The summed E-state index contributed by atoms with van der Waals surface area (Å²) in [6, 6.07) is 5.66. The van der Waals surface area contributed by atoms with Gasteiger partial charge in [-0.25, -0.2) is 0 Å². The van der Waals surface area contributed by atoms with Gasteiger partial charge in [0.1, 0.15) is 5.75 Å². The lowest BCUT2D eigenvalue weighted by molar-refractivity contribution is 0.401. The maximum absolute atomic E-state index is 9.57. The molecular weight excluding hydrogens is 220 g/mol. The van der Waals surface area contributed by atoms with Gasteiger partial charge in [0.25, 0.3) is 0 Å². The number of hydrogen-bond donors (Lipinski definition) is 1. The van der Waals surface area contributed by atoms with Crippen molar-refractivity contribution in [2.24, 2.45) is 0 Å². The smallest absolute Gasteiger partial charge is 0.133 e. The first-order valence-corrected chi connectivity index (χ1v) is 4.64. The van der Waals surface area contributed by atoms with Crippen LogP contribution in [0.2, 0.25) is 0 Å².